The van der Waals surface area contributed by atoms with Gasteiger partial charge in [-0.15, -0.1) is 0 Å². The Morgan fingerprint density at radius 3 is 2.83 bits per heavy atom. The summed E-state index contributed by atoms with van der Waals surface area (Å²) in [6, 6.07) is 5.86. The van der Waals surface area contributed by atoms with Crippen molar-refractivity contribution in [1.82, 2.24) is 5.32 Å². The summed E-state index contributed by atoms with van der Waals surface area (Å²) in [5, 5.41) is 2.91. The molecule has 1 N–H and O–H groups in total. The topological polar surface area (TPSA) is 41.6 Å². The van der Waals surface area contributed by atoms with Gasteiger partial charge in [0.1, 0.15) is 0 Å². The molecule has 1 aliphatic heterocycles. The second-order valence-corrected chi connectivity index (χ2v) is 5.13. The number of carbonyl (C=O) groups is 1. The molecule has 1 aromatic carbocycles. The number of nitrogens with zero attached hydrogens (tertiary/aromatic N) is 1. The van der Waals surface area contributed by atoms with Crippen LogP contribution in [0.15, 0.2) is 22.7 Å². The largest absolute Gasteiger partial charge is 0.378 e. The molecule has 0 atom stereocenters. The number of halogens is 1. The number of likely N-dealkylation sites (N-methyl/N-ethyl adjacent to an activating group) is 1. The lowest BCUT2D eigenvalue weighted by Gasteiger charge is -2.30. The lowest BCUT2D eigenvalue weighted by atomic mass is 10.1. The van der Waals surface area contributed by atoms with E-state index >= 15 is 0 Å². The lowest BCUT2D eigenvalue weighted by Crippen LogP contribution is -2.37. The van der Waals surface area contributed by atoms with E-state index in [9.17, 15) is 4.79 Å². The molecule has 1 fully saturated rings. The molecule has 1 saturated heterocycles. The fourth-order valence-corrected chi connectivity index (χ4v) is 2.43. The van der Waals surface area contributed by atoms with E-state index < -0.39 is 0 Å². The number of Topliss-reactive ketones (excluding diaryl/α,β-unsaturated/α-hetero) is 1. The molecule has 4 nitrogen and oxygen atoms in total. The van der Waals surface area contributed by atoms with Crippen LogP contribution in [-0.2, 0) is 4.74 Å². The van der Waals surface area contributed by atoms with Crippen molar-refractivity contribution >= 4 is 27.4 Å². The predicted molar refractivity (Wildman–Crippen MR) is 75.4 cm³/mol. The van der Waals surface area contributed by atoms with E-state index in [0.717, 1.165) is 42.0 Å². The van der Waals surface area contributed by atoms with Gasteiger partial charge in [-0.25, -0.2) is 0 Å². The van der Waals surface area contributed by atoms with Crippen molar-refractivity contribution < 1.29 is 9.53 Å². The van der Waals surface area contributed by atoms with Gasteiger partial charge in [0.05, 0.1) is 19.8 Å². The predicted octanol–water partition coefficient (Wildman–Crippen LogP) is 1.69. The van der Waals surface area contributed by atoms with Gasteiger partial charge in [-0.05, 0) is 25.2 Å². The normalized spacial score (nSPS) is 15.8. The maximum absolute atomic E-state index is 12.1. The van der Waals surface area contributed by atoms with Crippen LogP contribution in [0, 0.1) is 0 Å². The van der Waals surface area contributed by atoms with E-state index in [1.165, 1.54) is 0 Å². The van der Waals surface area contributed by atoms with Gasteiger partial charge < -0.3 is 15.0 Å². The summed E-state index contributed by atoms with van der Waals surface area (Å²) in [5.41, 5.74) is 1.77. The van der Waals surface area contributed by atoms with Crippen LogP contribution in [0.3, 0.4) is 0 Å². The highest BCUT2D eigenvalue weighted by Crippen LogP contribution is 2.25. The van der Waals surface area contributed by atoms with E-state index in [1.807, 2.05) is 18.2 Å². The number of anilines is 1. The van der Waals surface area contributed by atoms with Gasteiger partial charge in [0.15, 0.2) is 5.78 Å². The van der Waals surface area contributed by atoms with E-state index in [0.29, 0.717) is 6.54 Å². The lowest BCUT2D eigenvalue weighted by molar-refractivity contribution is 0.0991. The molecule has 98 valence electrons. The number of rotatable bonds is 4. The molecule has 0 aliphatic carbocycles. The second-order valence-electron chi connectivity index (χ2n) is 4.21. The van der Waals surface area contributed by atoms with Crippen LogP contribution in [0.2, 0.25) is 0 Å². The Morgan fingerprint density at radius 1 is 1.44 bits per heavy atom. The molecule has 0 spiro atoms. The van der Waals surface area contributed by atoms with E-state index in [-0.39, 0.29) is 5.78 Å². The zero-order valence-corrected chi connectivity index (χ0v) is 12.0. The Labute approximate surface area is 115 Å². The average molecular weight is 313 g/mol. The highest BCUT2D eigenvalue weighted by atomic mass is 79.9. The third kappa shape index (κ3) is 3.10. The average Bonchev–Trinajstić information content (AvgIpc) is 2.40. The summed E-state index contributed by atoms with van der Waals surface area (Å²) < 4.78 is 6.27. The number of carbonyl (C=O) groups excluding carboxylic acids is 1. The van der Waals surface area contributed by atoms with Gasteiger partial charge in [-0.2, -0.15) is 0 Å². The fraction of sp³-hybridized carbons (Fsp3) is 0.462. The highest BCUT2D eigenvalue weighted by Gasteiger charge is 2.18. The second kappa shape index (κ2) is 6.31. The van der Waals surface area contributed by atoms with Gasteiger partial charge in [-0.3, -0.25) is 4.79 Å². The number of morpholine rings is 1. The SMILES string of the molecule is CNCC(=O)c1cc(Br)ccc1N1CCOCC1. The minimum atomic E-state index is 0.111. The van der Waals surface area contributed by atoms with Crippen molar-refractivity contribution in [2.75, 3.05) is 44.8 Å². The third-order valence-electron chi connectivity index (χ3n) is 2.95. The van der Waals surface area contributed by atoms with Crippen molar-refractivity contribution in [2.24, 2.45) is 0 Å². The number of ketones is 1. The summed E-state index contributed by atoms with van der Waals surface area (Å²) in [6.07, 6.45) is 0. The smallest absolute Gasteiger partial charge is 0.178 e. The highest BCUT2D eigenvalue weighted by molar-refractivity contribution is 9.10. The third-order valence-corrected chi connectivity index (χ3v) is 3.44. The molecule has 0 aromatic heterocycles. The maximum Gasteiger partial charge on any atom is 0.178 e. The zero-order valence-electron chi connectivity index (χ0n) is 10.4. The molecular weight excluding hydrogens is 296 g/mol. The maximum atomic E-state index is 12.1. The Kier molecular flexibility index (Phi) is 4.74. The first kappa shape index (κ1) is 13.5. The Balaban J connectivity index is 2.30. The van der Waals surface area contributed by atoms with Gasteiger partial charge in [0, 0.05) is 28.8 Å². The van der Waals surface area contributed by atoms with Crippen molar-refractivity contribution in [2.45, 2.75) is 0 Å². The van der Waals surface area contributed by atoms with Crippen molar-refractivity contribution in [3.05, 3.63) is 28.2 Å². The summed E-state index contributed by atoms with van der Waals surface area (Å²) >= 11 is 3.42. The van der Waals surface area contributed by atoms with Crippen LogP contribution in [0.4, 0.5) is 5.69 Å². The van der Waals surface area contributed by atoms with Crippen LogP contribution >= 0.6 is 15.9 Å². The summed E-state index contributed by atoms with van der Waals surface area (Å²) in [5.74, 6) is 0.111. The number of benzene rings is 1. The van der Waals surface area contributed by atoms with Crippen LogP contribution < -0.4 is 10.2 Å². The number of hydrogen-bond donors (Lipinski definition) is 1. The molecule has 1 aliphatic rings. The molecule has 5 heteroatoms. The van der Waals surface area contributed by atoms with Crippen molar-refractivity contribution in [1.29, 1.82) is 0 Å². The van der Waals surface area contributed by atoms with E-state index in [2.05, 4.69) is 26.1 Å². The summed E-state index contributed by atoms with van der Waals surface area (Å²) in [7, 11) is 1.78. The molecule has 0 amide bonds. The van der Waals surface area contributed by atoms with Crippen LogP contribution in [0.25, 0.3) is 0 Å². The zero-order chi connectivity index (χ0) is 13.0. The van der Waals surface area contributed by atoms with Crippen LogP contribution in [0.5, 0.6) is 0 Å². The number of hydrogen-bond acceptors (Lipinski definition) is 4. The molecule has 18 heavy (non-hydrogen) atoms. The minimum absolute atomic E-state index is 0.111. The first-order chi connectivity index (χ1) is 8.72. The first-order valence-corrected chi connectivity index (χ1v) is 6.81. The Bertz CT molecular complexity index is 431. The summed E-state index contributed by atoms with van der Waals surface area (Å²) in [6.45, 7) is 3.46. The summed E-state index contributed by atoms with van der Waals surface area (Å²) in [4.78, 5) is 14.3. The monoisotopic (exact) mass is 312 g/mol. The van der Waals surface area contributed by atoms with Crippen molar-refractivity contribution in [3.8, 4) is 0 Å². The van der Waals surface area contributed by atoms with E-state index in [1.54, 1.807) is 7.05 Å². The molecule has 0 radical (unpaired) electrons. The van der Waals surface area contributed by atoms with Gasteiger partial charge in [0.25, 0.3) is 0 Å². The molecular formula is C13H17BrN2O2. The molecule has 1 heterocycles. The van der Waals surface area contributed by atoms with Crippen LogP contribution in [0.1, 0.15) is 10.4 Å². The molecule has 0 saturated carbocycles. The quantitative estimate of drug-likeness (QED) is 0.859. The molecule has 0 unspecified atom stereocenters. The van der Waals surface area contributed by atoms with E-state index in [4.69, 9.17) is 4.74 Å². The standard InChI is InChI=1S/C13H17BrN2O2/c1-15-9-13(17)11-8-10(14)2-3-12(11)16-4-6-18-7-5-16/h2-3,8,15H,4-7,9H2,1H3. The van der Waals surface area contributed by atoms with Gasteiger partial charge >= 0.3 is 0 Å². The Hall–Kier alpha value is -0.910. The Morgan fingerprint density at radius 2 is 2.17 bits per heavy atom. The fourth-order valence-electron chi connectivity index (χ4n) is 2.07. The van der Waals surface area contributed by atoms with Gasteiger partial charge in [0.2, 0.25) is 0 Å². The van der Waals surface area contributed by atoms with Crippen LogP contribution in [-0.4, -0.2) is 45.7 Å². The number of ether oxygens (including phenoxy) is 1. The first-order valence-electron chi connectivity index (χ1n) is 6.02. The van der Waals surface area contributed by atoms with Crippen molar-refractivity contribution in [3.63, 3.8) is 0 Å². The number of nitrogens with one attached hydrogen (secondary N) is 1. The molecule has 1 aromatic rings. The molecule has 0 bridgehead atoms. The minimum Gasteiger partial charge on any atom is -0.378 e. The molecule has 2 rings (SSSR count). The van der Waals surface area contributed by atoms with Gasteiger partial charge in [-0.1, -0.05) is 15.9 Å².